The van der Waals surface area contributed by atoms with Gasteiger partial charge in [-0.15, -0.1) is 0 Å². The van der Waals surface area contributed by atoms with Crippen LogP contribution < -0.4 is 0 Å². The fraction of sp³-hybridized carbons (Fsp3) is 0.333. The fourth-order valence-corrected chi connectivity index (χ4v) is 5.83. The Morgan fingerprint density at radius 3 is 2.27 bits per heavy atom. The fourth-order valence-electron chi connectivity index (χ4n) is 5.65. The van der Waals surface area contributed by atoms with E-state index in [0.717, 1.165) is 25.2 Å². The topological polar surface area (TPSA) is 49.6 Å². The Morgan fingerprint density at radius 1 is 0.970 bits per heavy atom. The monoisotopic (exact) mass is 461 g/mol. The first kappa shape index (κ1) is 22.1. The molecule has 0 saturated carbocycles. The maximum atomic E-state index is 11.3. The molecule has 2 aliphatic rings. The Labute approximate surface area is 199 Å². The summed E-state index contributed by atoms with van der Waals surface area (Å²) in [5.74, 6) is 0.261. The molecule has 0 aliphatic carbocycles. The third-order valence-corrected chi connectivity index (χ3v) is 7.47. The largest absolute Gasteiger partial charge is 0.296 e. The van der Waals surface area contributed by atoms with Gasteiger partial charge in [0, 0.05) is 54.8 Å². The third kappa shape index (κ3) is 4.67. The second kappa shape index (κ2) is 9.64. The van der Waals surface area contributed by atoms with Gasteiger partial charge in [-0.25, -0.2) is 0 Å². The van der Waals surface area contributed by atoms with Crippen LogP contribution in [0, 0.1) is 10.1 Å². The summed E-state index contributed by atoms with van der Waals surface area (Å²) in [6, 6.07) is 27.1. The van der Waals surface area contributed by atoms with Gasteiger partial charge in [0.05, 0.1) is 4.92 Å². The zero-order chi connectivity index (χ0) is 22.8. The van der Waals surface area contributed by atoms with Crippen LogP contribution in [0.15, 0.2) is 78.9 Å². The van der Waals surface area contributed by atoms with Gasteiger partial charge < -0.3 is 0 Å². The number of piperazine rings is 1. The first-order chi connectivity index (χ1) is 16.1. The van der Waals surface area contributed by atoms with Crippen molar-refractivity contribution in [2.45, 2.75) is 37.4 Å². The molecule has 0 bridgehead atoms. The van der Waals surface area contributed by atoms with Crippen LogP contribution >= 0.6 is 11.6 Å². The number of non-ortho nitro benzene ring substituents is 1. The average molecular weight is 462 g/mol. The average Bonchev–Trinajstić information content (AvgIpc) is 3.31. The Balaban J connectivity index is 1.48. The summed E-state index contributed by atoms with van der Waals surface area (Å²) >= 11 is 6.46. The standard InChI is InChI=1S/C27H28ClN3O2/c28-25-14-13-23(31(32)33)16-22(25)17-29-18-24-12-7-15-30(24)26(19-29)27(20-8-3-1-4-9-20)21-10-5-2-6-11-21/h1-6,8-11,13-14,16,24,26-27H,7,12,15,17-19H2/t24-,26-/m0/s1. The maximum Gasteiger partial charge on any atom is 0.269 e. The van der Waals surface area contributed by atoms with E-state index in [1.54, 1.807) is 12.1 Å². The molecular formula is C27H28ClN3O2. The van der Waals surface area contributed by atoms with E-state index in [4.69, 9.17) is 11.6 Å². The van der Waals surface area contributed by atoms with Gasteiger partial charge in [-0.2, -0.15) is 0 Å². The lowest BCUT2D eigenvalue weighted by molar-refractivity contribution is -0.384. The molecule has 6 heteroatoms. The number of halogens is 1. The van der Waals surface area contributed by atoms with Crippen LogP contribution in [0.1, 0.15) is 35.4 Å². The van der Waals surface area contributed by atoms with Crippen molar-refractivity contribution < 1.29 is 4.92 Å². The SMILES string of the molecule is O=[N+]([O-])c1ccc(Cl)c(CN2C[C@@H]3CCCN3[C@H](C(c3ccccc3)c3ccccc3)C2)c1. The van der Waals surface area contributed by atoms with Crippen molar-refractivity contribution in [3.63, 3.8) is 0 Å². The maximum absolute atomic E-state index is 11.3. The van der Waals surface area contributed by atoms with Crippen molar-refractivity contribution >= 4 is 17.3 Å². The van der Waals surface area contributed by atoms with Crippen molar-refractivity contribution in [2.75, 3.05) is 19.6 Å². The first-order valence-electron chi connectivity index (χ1n) is 11.6. The lowest BCUT2D eigenvalue weighted by atomic mass is 9.82. The van der Waals surface area contributed by atoms with Gasteiger partial charge in [0.15, 0.2) is 0 Å². The van der Waals surface area contributed by atoms with E-state index >= 15 is 0 Å². The quantitative estimate of drug-likeness (QED) is 0.347. The van der Waals surface area contributed by atoms with Crippen molar-refractivity contribution in [3.8, 4) is 0 Å². The molecule has 0 N–H and O–H groups in total. The molecule has 5 nitrogen and oxygen atoms in total. The van der Waals surface area contributed by atoms with Gasteiger partial charge in [0.2, 0.25) is 0 Å². The zero-order valence-corrected chi connectivity index (χ0v) is 19.3. The number of nitrogens with zero attached hydrogens (tertiary/aromatic N) is 3. The summed E-state index contributed by atoms with van der Waals surface area (Å²) in [5, 5.41) is 11.9. The summed E-state index contributed by atoms with van der Waals surface area (Å²) in [6.07, 6.45) is 2.40. The van der Waals surface area contributed by atoms with Crippen LogP contribution in [0.2, 0.25) is 5.02 Å². The number of benzene rings is 3. The van der Waals surface area contributed by atoms with Crippen LogP contribution in [0.5, 0.6) is 0 Å². The summed E-state index contributed by atoms with van der Waals surface area (Å²) < 4.78 is 0. The highest BCUT2D eigenvalue weighted by atomic mass is 35.5. The highest BCUT2D eigenvalue weighted by Gasteiger charge is 2.41. The van der Waals surface area contributed by atoms with Gasteiger partial charge in [-0.05, 0) is 42.1 Å². The van der Waals surface area contributed by atoms with Crippen LogP contribution in [-0.4, -0.2) is 46.4 Å². The summed E-state index contributed by atoms with van der Waals surface area (Å²) in [5.41, 5.74) is 3.58. The Kier molecular flexibility index (Phi) is 6.45. The molecule has 5 rings (SSSR count). The van der Waals surface area contributed by atoms with Crippen molar-refractivity contribution in [1.82, 2.24) is 9.80 Å². The van der Waals surface area contributed by atoms with Crippen LogP contribution in [0.25, 0.3) is 0 Å². The molecule has 2 heterocycles. The van der Waals surface area contributed by atoms with E-state index in [1.165, 1.54) is 30.0 Å². The highest BCUT2D eigenvalue weighted by Crippen LogP contribution is 2.38. The predicted molar refractivity (Wildman–Crippen MR) is 132 cm³/mol. The molecule has 2 aliphatic heterocycles. The van der Waals surface area contributed by atoms with E-state index in [9.17, 15) is 10.1 Å². The van der Waals surface area contributed by atoms with E-state index in [2.05, 4.69) is 70.5 Å². The van der Waals surface area contributed by atoms with Gasteiger partial charge >= 0.3 is 0 Å². The number of fused-ring (bicyclic) bond motifs is 1. The van der Waals surface area contributed by atoms with Gasteiger partial charge in [0.1, 0.15) is 0 Å². The van der Waals surface area contributed by atoms with E-state index in [0.29, 0.717) is 23.7 Å². The summed E-state index contributed by atoms with van der Waals surface area (Å²) in [6.45, 7) is 3.60. The minimum absolute atomic E-state index is 0.0944. The second-order valence-corrected chi connectivity index (χ2v) is 9.53. The zero-order valence-electron chi connectivity index (χ0n) is 18.5. The molecule has 33 heavy (non-hydrogen) atoms. The van der Waals surface area contributed by atoms with E-state index in [1.807, 2.05) is 0 Å². The molecule has 170 valence electrons. The van der Waals surface area contributed by atoms with Crippen LogP contribution in [-0.2, 0) is 6.54 Å². The third-order valence-electron chi connectivity index (χ3n) is 7.10. The molecule has 2 saturated heterocycles. The normalized spacial score (nSPS) is 21.3. The summed E-state index contributed by atoms with van der Waals surface area (Å²) in [7, 11) is 0. The van der Waals surface area contributed by atoms with Crippen LogP contribution in [0.4, 0.5) is 5.69 Å². The number of rotatable bonds is 6. The molecule has 0 amide bonds. The van der Waals surface area contributed by atoms with E-state index in [-0.39, 0.29) is 16.5 Å². The Morgan fingerprint density at radius 2 is 1.64 bits per heavy atom. The lowest BCUT2D eigenvalue weighted by Crippen LogP contribution is -2.57. The highest BCUT2D eigenvalue weighted by molar-refractivity contribution is 6.31. The van der Waals surface area contributed by atoms with Crippen molar-refractivity contribution in [3.05, 3.63) is 111 Å². The Bertz CT molecular complexity index is 1070. The van der Waals surface area contributed by atoms with Gasteiger partial charge in [0.25, 0.3) is 5.69 Å². The number of nitro benzene ring substituents is 1. The molecule has 2 fully saturated rings. The lowest BCUT2D eigenvalue weighted by Gasteiger charge is -2.47. The van der Waals surface area contributed by atoms with E-state index < -0.39 is 0 Å². The predicted octanol–water partition coefficient (Wildman–Crippen LogP) is 5.73. The molecule has 3 aromatic rings. The van der Waals surface area contributed by atoms with Crippen molar-refractivity contribution in [1.29, 1.82) is 0 Å². The molecule has 3 aromatic carbocycles. The first-order valence-corrected chi connectivity index (χ1v) is 12.0. The molecule has 0 aromatic heterocycles. The minimum Gasteiger partial charge on any atom is -0.296 e. The molecular weight excluding hydrogens is 434 g/mol. The molecule has 0 unspecified atom stereocenters. The second-order valence-electron chi connectivity index (χ2n) is 9.13. The molecule has 2 atom stereocenters. The van der Waals surface area contributed by atoms with Crippen LogP contribution in [0.3, 0.4) is 0 Å². The smallest absolute Gasteiger partial charge is 0.269 e. The summed E-state index contributed by atoms with van der Waals surface area (Å²) in [4.78, 5) is 16.1. The number of nitro groups is 1. The number of hydrogen-bond acceptors (Lipinski definition) is 4. The molecule has 0 radical (unpaired) electrons. The van der Waals surface area contributed by atoms with Gasteiger partial charge in [-0.3, -0.25) is 19.9 Å². The van der Waals surface area contributed by atoms with Gasteiger partial charge in [-0.1, -0.05) is 72.3 Å². The minimum atomic E-state index is -0.349. The van der Waals surface area contributed by atoms with Crippen molar-refractivity contribution in [2.24, 2.45) is 0 Å². The molecule has 0 spiro atoms. The Hall–Kier alpha value is -2.73. The number of hydrogen-bond donors (Lipinski definition) is 0.